The van der Waals surface area contributed by atoms with Gasteiger partial charge in [-0.1, -0.05) is 32.5 Å². The van der Waals surface area contributed by atoms with E-state index in [1.165, 1.54) is 24.0 Å². The summed E-state index contributed by atoms with van der Waals surface area (Å²) in [5.41, 5.74) is -0.320. The Bertz CT molecular complexity index is 518. The second kappa shape index (κ2) is 6.43. The molecule has 5 nitrogen and oxygen atoms in total. The van der Waals surface area contributed by atoms with Crippen molar-refractivity contribution in [3.05, 3.63) is 22.6 Å². The Balaban J connectivity index is 2.49. The van der Waals surface area contributed by atoms with Gasteiger partial charge in [0, 0.05) is 17.8 Å². The first-order valence-electron chi connectivity index (χ1n) is 6.57. The molecule has 0 aliphatic carbocycles. The van der Waals surface area contributed by atoms with Crippen LogP contribution in [0.25, 0.3) is 0 Å². The van der Waals surface area contributed by atoms with Crippen LogP contribution in [0.1, 0.15) is 41.0 Å². The van der Waals surface area contributed by atoms with Crippen molar-refractivity contribution in [2.24, 2.45) is 5.41 Å². The maximum atomic E-state index is 12.0. The van der Waals surface area contributed by atoms with Crippen molar-refractivity contribution in [3.63, 3.8) is 0 Å². The number of aromatic amines is 1. The summed E-state index contributed by atoms with van der Waals surface area (Å²) in [7, 11) is 0. The highest BCUT2D eigenvalue weighted by Gasteiger charge is 2.26. The molecule has 1 heterocycles. The Kier molecular flexibility index (Phi) is 5.39. The van der Waals surface area contributed by atoms with Gasteiger partial charge in [0.15, 0.2) is 5.16 Å². The molecule has 0 radical (unpaired) electrons. The van der Waals surface area contributed by atoms with Gasteiger partial charge in [0.1, 0.15) is 0 Å². The standard InChI is InChI=1S/C14H23N3O2S/c1-13(2,3)9-14(4,5)17-11(19)8-20-12-15-7-6-10(18)16-12/h6-7H,8-9H2,1-5H3,(H,17,19)(H,15,16,18). The van der Waals surface area contributed by atoms with Crippen LogP contribution in [0.4, 0.5) is 0 Å². The third kappa shape index (κ3) is 6.75. The fourth-order valence-electron chi connectivity index (χ4n) is 2.34. The van der Waals surface area contributed by atoms with Crippen molar-refractivity contribution >= 4 is 17.7 Å². The van der Waals surface area contributed by atoms with Crippen LogP contribution in [0, 0.1) is 5.41 Å². The first-order valence-corrected chi connectivity index (χ1v) is 7.55. The summed E-state index contributed by atoms with van der Waals surface area (Å²) >= 11 is 1.22. The molecule has 6 heteroatoms. The van der Waals surface area contributed by atoms with Crippen molar-refractivity contribution in [1.29, 1.82) is 0 Å². The molecule has 0 aromatic carbocycles. The number of hydrogen-bond acceptors (Lipinski definition) is 4. The van der Waals surface area contributed by atoms with Crippen molar-refractivity contribution in [1.82, 2.24) is 15.3 Å². The summed E-state index contributed by atoms with van der Waals surface area (Å²) < 4.78 is 0. The molecule has 1 rings (SSSR count). The highest BCUT2D eigenvalue weighted by Crippen LogP contribution is 2.26. The minimum absolute atomic E-state index is 0.0595. The minimum atomic E-state index is -0.257. The molecule has 0 aliphatic rings. The Hall–Kier alpha value is -1.30. The van der Waals surface area contributed by atoms with E-state index in [0.29, 0.717) is 5.16 Å². The number of nitrogens with one attached hydrogen (secondary N) is 2. The van der Waals surface area contributed by atoms with Gasteiger partial charge in [-0.2, -0.15) is 0 Å². The third-order valence-corrected chi connectivity index (χ3v) is 3.33. The molecule has 0 saturated carbocycles. The van der Waals surface area contributed by atoms with Crippen LogP contribution in [-0.2, 0) is 4.79 Å². The van der Waals surface area contributed by atoms with Crippen LogP contribution in [-0.4, -0.2) is 27.2 Å². The van der Waals surface area contributed by atoms with E-state index in [2.05, 4.69) is 36.1 Å². The summed E-state index contributed by atoms with van der Waals surface area (Å²) in [4.78, 5) is 29.6. The molecule has 112 valence electrons. The van der Waals surface area contributed by atoms with Crippen LogP contribution < -0.4 is 10.9 Å². The SMILES string of the molecule is CC(C)(C)CC(C)(C)NC(=O)CSc1nccc(=O)[nH]1. The van der Waals surface area contributed by atoms with E-state index in [1.54, 1.807) is 0 Å². The highest BCUT2D eigenvalue weighted by molar-refractivity contribution is 7.99. The maximum absolute atomic E-state index is 12.0. The molecule has 0 saturated heterocycles. The summed E-state index contributed by atoms with van der Waals surface area (Å²) in [6.45, 7) is 10.5. The molecular weight excluding hydrogens is 274 g/mol. The van der Waals surface area contributed by atoms with Gasteiger partial charge in [-0.05, 0) is 25.7 Å². The number of amides is 1. The molecule has 1 aromatic rings. The van der Waals surface area contributed by atoms with Crippen molar-refractivity contribution in [2.45, 2.75) is 51.7 Å². The first kappa shape index (κ1) is 16.8. The lowest BCUT2D eigenvalue weighted by atomic mass is 9.82. The second-order valence-corrected chi connectivity index (χ2v) is 7.66. The first-order chi connectivity index (χ1) is 9.07. The molecule has 0 aliphatic heterocycles. The molecule has 1 aromatic heterocycles. The zero-order chi connectivity index (χ0) is 15.4. The van der Waals surface area contributed by atoms with Crippen LogP contribution in [0.2, 0.25) is 0 Å². The summed E-state index contributed by atoms with van der Waals surface area (Å²) in [6.07, 6.45) is 2.32. The van der Waals surface area contributed by atoms with Gasteiger partial charge in [0.05, 0.1) is 5.75 Å². The molecule has 0 spiro atoms. The lowest BCUT2D eigenvalue weighted by molar-refractivity contribution is -0.120. The van der Waals surface area contributed by atoms with Crippen LogP contribution in [0.5, 0.6) is 0 Å². The predicted octanol–water partition coefficient (Wildman–Crippen LogP) is 2.19. The molecule has 1 amide bonds. The number of carbonyl (C=O) groups excluding carboxylic acids is 1. The fourth-order valence-corrected chi connectivity index (χ4v) is 2.99. The molecule has 0 unspecified atom stereocenters. The summed E-state index contributed by atoms with van der Waals surface area (Å²) in [6, 6.07) is 1.34. The quantitative estimate of drug-likeness (QED) is 0.645. The summed E-state index contributed by atoms with van der Waals surface area (Å²) in [5.74, 6) is 0.177. The number of rotatable bonds is 5. The lowest BCUT2D eigenvalue weighted by Crippen LogP contribution is -2.46. The molecule has 0 atom stereocenters. The average Bonchev–Trinajstić information content (AvgIpc) is 2.22. The van der Waals surface area contributed by atoms with Crippen LogP contribution in [0.15, 0.2) is 22.2 Å². The molecule has 2 N–H and O–H groups in total. The van der Waals surface area contributed by atoms with Crippen molar-refractivity contribution < 1.29 is 4.79 Å². The van der Waals surface area contributed by atoms with E-state index in [-0.39, 0.29) is 28.2 Å². The van der Waals surface area contributed by atoms with Gasteiger partial charge >= 0.3 is 0 Å². The van der Waals surface area contributed by atoms with Crippen molar-refractivity contribution in [3.8, 4) is 0 Å². The number of H-pyrrole nitrogens is 1. The zero-order valence-corrected chi connectivity index (χ0v) is 13.6. The van der Waals surface area contributed by atoms with Gasteiger partial charge in [-0.3, -0.25) is 9.59 Å². The zero-order valence-electron chi connectivity index (χ0n) is 12.7. The Morgan fingerprint density at radius 3 is 2.55 bits per heavy atom. The Morgan fingerprint density at radius 1 is 1.35 bits per heavy atom. The summed E-state index contributed by atoms with van der Waals surface area (Å²) in [5, 5.41) is 3.48. The van der Waals surface area contributed by atoms with Gasteiger partial charge in [-0.15, -0.1) is 0 Å². The van der Waals surface area contributed by atoms with E-state index in [9.17, 15) is 9.59 Å². The topological polar surface area (TPSA) is 74.8 Å². The Labute approximate surface area is 124 Å². The smallest absolute Gasteiger partial charge is 0.251 e. The van der Waals surface area contributed by atoms with Crippen LogP contribution in [0.3, 0.4) is 0 Å². The van der Waals surface area contributed by atoms with E-state index >= 15 is 0 Å². The molecular formula is C14H23N3O2S. The number of nitrogens with zero attached hydrogens (tertiary/aromatic N) is 1. The number of hydrogen-bond donors (Lipinski definition) is 2. The minimum Gasteiger partial charge on any atom is -0.350 e. The number of thioether (sulfide) groups is 1. The second-order valence-electron chi connectivity index (χ2n) is 6.70. The lowest BCUT2D eigenvalue weighted by Gasteiger charge is -2.33. The number of carbonyl (C=O) groups is 1. The van der Waals surface area contributed by atoms with Crippen LogP contribution >= 0.6 is 11.8 Å². The van der Waals surface area contributed by atoms with E-state index in [4.69, 9.17) is 0 Å². The van der Waals surface area contributed by atoms with E-state index in [1.807, 2.05) is 13.8 Å². The normalized spacial score (nSPS) is 12.2. The van der Waals surface area contributed by atoms with E-state index < -0.39 is 0 Å². The average molecular weight is 297 g/mol. The van der Waals surface area contributed by atoms with Gasteiger partial charge in [0.2, 0.25) is 5.91 Å². The molecule has 20 heavy (non-hydrogen) atoms. The number of aromatic nitrogens is 2. The van der Waals surface area contributed by atoms with Gasteiger partial charge in [0.25, 0.3) is 5.56 Å². The molecule has 0 bridgehead atoms. The predicted molar refractivity (Wildman–Crippen MR) is 81.9 cm³/mol. The van der Waals surface area contributed by atoms with E-state index in [0.717, 1.165) is 6.42 Å². The fraction of sp³-hybridized carbons (Fsp3) is 0.643. The largest absolute Gasteiger partial charge is 0.350 e. The monoisotopic (exact) mass is 297 g/mol. The third-order valence-electron chi connectivity index (χ3n) is 2.44. The van der Waals surface area contributed by atoms with Gasteiger partial charge in [-0.25, -0.2) is 4.98 Å². The van der Waals surface area contributed by atoms with Gasteiger partial charge < -0.3 is 10.3 Å². The maximum Gasteiger partial charge on any atom is 0.251 e. The van der Waals surface area contributed by atoms with Crippen molar-refractivity contribution in [2.75, 3.05) is 5.75 Å². The molecule has 0 fully saturated rings. The highest BCUT2D eigenvalue weighted by atomic mass is 32.2. The Morgan fingerprint density at radius 2 is 2.00 bits per heavy atom.